The van der Waals surface area contributed by atoms with Crippen LogP contribution in [0.5, 0.6) is 0 Å². The Morgan fingerprint density at radius 1 is 1.48 bits per heavy atom. The number of likely N-dealkylation sites (tertiary alicyclic amines) is 1. The van der Waals surface area contributed by atoms with Crippen molar-refractivity contribution < 1.29 is 4.42 Å². The summed E-state index contributed by atoms with van der Waals surface area (Å²) in [6, 6.07) is 4.37. The van der Waals surface area contributed by atoms with Crippen molar-refractivity contribution in [2.45, 2.75) is 46.2 Å². The lowest BCUT2D eigenvalue weighted by molar-refractivity contribution is 0.139. The first-order chi connectivity index (χ1) is 10.7. The van der Waals surface area contributed by atoms with Crippen molar-refractivity contribution in [1.29, 1.82) is 0 Å². The summed E-state index contributed by atoms with van der Waals surface area (Å²) in [5.41, 5.74) is 0. The van der Waals surface area contributed by atoms with E-state index >= 15 is 0 Å². The van der Waals surface area contributed by atoms with Crippen LogP contribution in [-0.2, 0) is 6.54 Å². The minimum absolute atomic E-state index is 0. The second kappa shape index (κ2) is 10.9. The van der Waals surface area contributed by atoms with Crippen molar-refractivity contribution in [3.63, 3.8) is 0 Å². The van der Waals surface area contributed by atoms with Crippen molar-refractivity contribution in [3.05, 3.63) is 24.2 Å². The van der Waals surface area contributed by atoms with Gasteiger partial charge in [-0.3, -0.25) is 4.90 Å². The average molecular weight is 434 g/mol. The van der Waals surface area contributed by atoms with E-state index in [9.17, 15) is 0 Å². The zero-order valence-corrected chi connectivity index (χ0v) is 16.9. The molecule has 1 aromatic heterocycles. The third-order valence-corrected chi connectivity index (χ3v) is 4.19. The van der Waals surface area contributed by atoms with Gasteiger partial charge in [0.1, 0.15) is 12.3 Å². The molecule has 0 spiro atoms. The first-order valence-corrected chi connectivity index (χ1v) is 8.47. The van der Waals surface area contributed by atoms with Crippen LogP contribution in [0.25, 0.3) is 0 Å². The highest BCUT2D eigenvalue weighted by Crippen LogP contribution is 2.17. The molecule has 1 fully saturated rings. The van der Waals surface area contributed by atoms with Crippen LogP contribution in [0.4, 0.5) is 0 Å². The Morgan fingerprint density at radius 2 is 2.30 bits per heavy atom. The summed E-state index contributed by atoms with van der Waals surface area (Å²) in [5.74, 6) is 2.56. The van der Waals surface area contributed by atoms with Crippen LogP contribution in [0, 0.1) is 5.92 Å². The molecule has 2 rings (SSSR count). The molecule has 132 valence electrons. The average Bonchev–Trinajstić information content (AvgIpc) is 3.03. The molecule has 0 saturated carbocycles. The Balaban J connectivity index is 0.00000264. The minimum Gasteiger partial charge on any atom is -0.467 e. The van der Waals surface area contributed by atoms with Crippen molar-refractivity contribution in [1.82, 2.24) is 15.5 Å². The van der Waals surface area contributed by atoms with Gasteiger partial charge in [0.05, 0.1) is 6.26 Å². The van der Waals surface area contributed by atoms with Gasteiger partial charge in [-0.25, -0.2) is 4.99 Å². The lowest BCUT2D eigenvalue weighted by Crippen LogP contribution is -2.48. The van der Waals surface area contributed by atoms with Gasteiger partial charge < -0.3 is 15.1 Å². The van der Waals surface area contributed by atoms with E-state index in [1.165, 1.54) is 25.9 Å². The van der Waals surface area contributed by atoms with Gasteiger partial charge in [0.2, 0.25) is 0 Å². The van der Waals surface area contributed by atoms with Crippen LogP contribution >= 0.6 is 24.0 Å². The Labute approximate surface area is 157 Å². The maximum atomic E-state index is 5.32. The van der Waals surface area contributed by atoms with Gasteiger partial charge >= 0.3 is 0 Å². The van der Waals surface area contributed by atoms with Crippen LogP contribution < -0.4 is 10.6 Å². The quantitative estimate of drug-likeness (QED) is 0.411. The molecule has 2 unspecified atom stereocenters. The van der Waals surface area contributed by atoms with E-state index in [-0.39, 0.29) is 24.0 Å². The molecule has 0 amide bonds. The smallest absolute Gasteiger partial charge is 0.191 e. The second-order valence-corrected chi connectivity index (χ2v) is 6.25. The summed E-state index contributed by atoms with van der Waals surface area (Å²) in [6.45, 7) is 11.5. The first kappa shape index (κ1) is 20.3. The van der Waals surface area contributed by atoms with Gasteiger partial charge in [0.15, 0.2) is 5.96 Å². The molecular weight excluding hydrogens is 403 g/mol. The van der Waals surface area contributed by atoms with Crippen LogP contribution in [0.2, 0.25) is 0 Å². The van der Waals surface area contributed by atoms with Crippen molar-refractivity contribution in [3.8, 4) is 0 Å². The number of hydrogen-bond acceptors (Lipinski definition) is 3. The molecule has 0 aliphatic carbocycles. The predicted molar refractivity (Wildman–Crippen MR) is 106 cm³/mol. The molecule has 0 bridgehead atoms. The van der Waals surface area contributed by atoms with E-state index in [1.807, 2.05) is 12.1 Å². The standard InChI is InChI=1S/C17H30N4O.HI/c1-4-18-17(20-12-16-8-6-10-22-16)19-11-15(3)21-9-5-7-14(2)13-21;/h6,8,10,14-15H,4-5,7,9,11-13H2,1-3H3,(H2,18,19,20);1H. The van der Waals surface area contributed by atoms with Gasteiger partial charge in [-0.05, 0) is 51.3 Å². The predicted octanol–water partition coefficient (Wildman–Crippen LogP) is 3.07. The topological polar surface area (TPSA) is 52.8 Å². The highest BCUT2D eigenvalue weighted by Gasteiger charge is 2.20. The van der Waals surface area contributed by atoms with E-state index in [0.717, 1.165) is 30.7 Å². The normalized spacial score (nSPS) is 20.7. The van der Waals surface area contributed by atoms with E-state index < -0.39 is 0 Å². The van der Waals surface area contributed by atoms with Gasteiger partial charge in [-0.15, -0.1) is 24.0 Å². The van der Waals surface area contributed by atoms with Crippen molar-refractivity contribution in [2.75, 3.05) is 26.2 Å². The summed E-state index contributed by atoms with van der Waals surface area (Å²) in [5, 5.41) is 6.74. The van der Waals surface area contributed by atoms with Crippen LogP contribution in [0.1, 0.15) is 39.4 Å². The molecule has 1 aliphatic rings. The Morgan fingerprint density at radius 3 is 2.96 bits per heavy atom. The van der Waals surface area contributed by atoms with Gasteiger partial charge in [-0.1, -0.05) is 6.92 Å². The number of guanidine groups is 1. The molecule has 1 saturated heterocycles. The molecule has 6 heteroatoms. The Hall–Kier alpha value is -0.760. The first-order valence-electron chi connectivity index (χ1n) is 8.47. The Bertz CT molecular complexity index is 449. The summed E-state index contributed by atoms with van der Waals surface area (Å²) in [6.07, 6.45) is 4.37. The number of hydrogen-bond donors (Lipinski definition) is 2. The van der Waals surface area contributed by atoms with E-state index in [1.54, 1.807) is 6.26 Å². The fraction of sp³-hybridized carbons (Fsp3) is 0.706. The largest absolute Gasteiger partial charge is 0.467 e. The highest BCUT2D eigenvalue weighted by molar-refractivity contribution is 14.0. The molecule has 23 heavy (non-hydrogen) atoms. The molecule has 1 aromatic rings. The number of rotatable bonds is 6. The lowest BCUT2D eigenvalue weighted by atomic mass is 9.99. The van der Waals surface area contributed by atoms with Crippen LogP contribution in [0.15, 0.2) is 27.8 Å². The number of piperidine rings is 1. The fourth-order valence-electron chi connectivity index (χ4n) is 2.90. The molecule has 2 heterocycles. The fourth-order valence-corrected chi connectivity index (χ4v) is 2.90. The number of halogens is 1. The lowest BCUT2D eigenvalue weighted by Gasteiger charge is -2.35. The zero-order chi connectivity index (χ0) is 15.8. The molecule has 2 atom stereocenters. The summed E-state index contributed by atoms with van der Waals surface area (Å²) in [4.78, 5) is 7.15. The SMILES string of the molecule is CCNC(=NCc1ccco1)NCC(C)N1CCCC(C)C1.I. The number of furan rings is 1. The van der Waals surface area contributed by atoms with Crippen molar-refractivity contribution in [2.24, 2.45) is 10.9 Å². The molecule has 1 aliphatic heterocycles. The maximum Gasteiger partial charge on any atom is 0.191 e. The third-order valence-electron chi connectivity index (χ3n) is 4.19. The Kier molecular flexibility index (Phi) is 9.62. The summed E-state index contributed by atoms with van der Waals surface area (Å²) < 4.78 is 5.32. The molecule has 5 nitrogen and oxygen atoms in total. The molecule has 0 aromatic carbocycles. The van der Waals surface area contributed by atoms with Crippen LogP contribution in [0.3, 0.4) is 0 Å². The monoisotopic (exact) mass is 434 g/mol. The van der Waals surface area contributed by atoms with Crippen molar-refractivity contribution >= 4 is 29.9 Å². The number of aliphatic imine (C=N–C) groups is 1. The van der Waals surface area contributed by atoms with Gasteiger partial charge in [-0.2, -0.15) is 0 Å². The second-order valence-electron chi connectivity index (χ2n) is 6.25. The van der Waals surface area contributed by atoms with Crippen LogP contribution in [-0.4, -0.2) is 43.1 Å². The number of nitrogens with one attached hydrogen (secondary N) is 2. The van der Waals surface area contributed by atoms with E-state index in [2.05, 4.69) is 41.3 Å². The highest BCUT2D eigenvalue weighted by atomic mass is 127. The maximum absolute atomic E-state index is 5.32. The van der Waals surface area contributed by atoms with Gasteiger partial charge in [0.25, 0.3) is 0 Å². The molecule has 0 radical (unpaired) electrons. The minimum atomic E-state index is 0. The summed E-state index contributed by atoms with van der Waals surface area (Å²) >= 11 is 0. The summed E-state index contributed by atoms with van der Waals surface area (Å²) in [7, 11) is 0. The molecular formula is C17H31IN4O. The van der Waals surface area contributed by atoms with E-state index in [4.69, 9.17) is 4.42 Å². The molecule has 2 N–H and O–H groups in total. The van der Waals surface area contributed by atoms with E-state index in [0.29, 0.717) is 12.6 Å². The zero-order valence-electron chi connectivity index (χ0n) is 14.5. The van der Waals surface area contributed by atoms with Gasteiger partial charge in [0, 0.05) is 25.7 Å². The third kappa shape index (κ3) is 7.12. The number of nitrogens with zero attached hydrogens (tertiary/aromatic N) is 2.